The van der Waals surface area contributed by atoms with Gasteiger partial charge in [0.1, 0.15) is 11.6 Å². The van der Waals surface area contributed by atoms with E-state index in [0.717, 1.165) is 31.6 Å². The van der Waals surface area contributed by atoms with Crippen LogP contribution in [0.4, 0.5) is 8.78 Å². The molecule has 1 heterocycles. The third kappa shape index (κ3) is 4.03. The Morgan fingerprint density at radius 2 is 2.16 bits per heavy atom. The summed E-state index contributed by atoms with van der Waals surface area (Å²) in [6.07, 6.45) is 0.970. The number of benzene rings is 1. The van der Waals surface area contributed by atoms with Gasteiger partial charge in [-0.1, -0.05) is 11.6 Å². The third-order valence-corrected chi connectivity index (χ3v) is 3.26. The summed E-state index contributed by atoms with van der Waals surface area (Å²) in [5.74, 6) is -1.89. The van der Waals surface area contributed by atoms with Gasteiger partial charge in [0.2, 0.25) is 0 Å². The van der Waals surface area contributed by atoms with Gasteiger partial charge in [-0.15, -0.1) is 12.4 Å². The Labute approximate surface area is 121 Å². The second-order valence-corrected chi connectivity index (χ2v) is 4.72. The highest BCUT2D eigenvalue weighted by atomic mass is 35.5. The summed E-state index contributed by atoms with van der Waals surface area (Å²) in [5.41, 5.74) is -0.317. The summed E-state index contributed by atoms with van der Waals surface area (Å²) in [4.78, 5) is 11.7. The third-order valence-electron chi connectivity index (χ3n) is 2.97. The predicted molar refractivity (Wildman–Crippen MR) is 71.9 cm³/mol. The molecule has 2 rings (SSSR count). The first-order chi connectivity index (χ1) is 8.58. The van der Waals surface area contributed by atoms with Crippen molar-refractivity contribution >= 4 is 29.9 Å². The van der Waals surface area contributed by atoms with E-state index in [2.05, 4.69) is 10.6 Å². The molecule has 1 amide bonds. The molecule has 0 bridgehead atoms. The summed E-state index contributed by atoms with van der Waals surface area (Å²) in [6, 6.07) is 1.63. The summed E-state index contributed by atoms with van der Waals surface area (Å²) in [5, 5.41) is 5.43. The molecule has 0 radical (unpaired) electrons. The molecule has 0 aromatic heterocycles. The van der Waals surface area contributed by atoms with Crippen molar-refractivity contribution in [3.05, 3.63) is 34.4 Å². The molecule has 1 aliphatic heterocycles. The van der Waals surface area contributed by atoms with Crippen LogP contribution in [0.25, 0.3) is 0 Å². The molecule has 106 valence electrons. The van der Waals surface area contributed by atoms with E-state index < -0.39 is 17.5 Å². The zero-order valence-corrected chi connectivity index (χ0v) is 11.6. The Morgan fingerprint density at radius 1 is 1.42 bits per heavy atom. The van der Waals surface area contributed by atoms with E-state index in [1.807, 2.05) is 0 Å². The van der Waals surface area contributed by atoms with E-state index in [-0.39, 0.29) is 23.0 Å². The number of nitrogens with one attached hydrogen (secondary N) is 2. The average molecular weight is 311 g/mol. The van der Waals surface area contributed by atoms with Crippen molar-refractivity contribution in [2.45, 2.75) is 6.42 Å². The first-order valence-corrected chi connectivity index (χ1v) is 6.09. The first kappa shape index (κ1) is 16.1. The van der Waals surface area contributed by atoms with E-state index in [4.69, 9.17) is 11.6 Å². The van der Waals surface area contributed by atoms with Crippen molar-refractivity contribution in [3.63, 3.8) is 0 Å². The molecule has 0 spiro atoms. The molecule has 1 aliphatic rings. The quantitative estimate of drug-likeness (QED) is 0.842. The minimum absolute atomic E-state index is 0. The number of carbonyl (C=O) groups is 1. The molecular formula is C12H14Cl2F2N2O. The highest BCUT2D eigenvalue weighted by Gasteiger charge is 2.18. The normalized spacial score (nSPS) is 17.9. The molecule has 1 aromatic carbocycles. The molecule has 7 heteroatoms. The van der Waals surface area contributed by atoms with Crippen LogP contribution in [-0.4, -0.2) is 25.5 Å². The van der Waals surface area contributed by atoms with Crippen LogP contribution >= 0.6 is 24.0 Å². The SMILES string of the molecule is Cl.O=C(NCC1CCNC1)c1cc(F)c(Cl)cc1F. The first-order valence-electron chi connectivity index (χ1n) is 5.71. The van der Waals surface area contributed by atoms with Gasteiger partial charge in [0.15, 0.2) is 0 Å². The van der Waals surface area contributed by atoms with Gasteiger partial charge in [-0.2, -0.15) is 0 Å². The van der Waals surface area contributed by atoms with Crippen LogP contribution in [0.1, 0.15) is 16.8 Å². The summed E-state index contributed by atoms with van der Waals surface area (Å²) in [7, 11) is 0. The van der Waals surface area contributed by atoms with Gasteiger partial charge in [0.05, 0.1) is 10.6 Å². The fourth-order valence-corrected chi connectivity index (χ4v) is 2.07. The van der Waals surface area contributed by atoms with Gasteiger partial charge in [0.25, 0.3) is 5.91 Å². The van der Waals surface area contributed by atoms with Gasteiger partial charge >= 0.3 is 0 Å². The lowest BCUT2D eigenvalue weighted by atomic mass is 10.1. The molecule has 2 N–H and O–H groups in total. The van der Waals surface area contributed by atoms with Crippen LogP contribution < -0.4 is 10.6 Å². The van der Waals surface area contributed by atoms with E-state index in [9.17, 15) is 13.6 Å². The smallest absolute Gasteiger partial charge is 0.254 e. The van der Waals surface area contributed by atoms with Gasteiger partial charge in [-0.05, 0) is 37.6 Å². The molecule has 1 saturated heterocycles. The van der Waals surface area contributed by atoms with Crippen LogP contribution in [0.5, 0.6) is 0 Å². The minimum atomic E-state index is -0.816. The Morgan fingerprint density at radius 3 is 2.79 bits per heavy atom. The van der Waals surface area contributed by atoms with Gasteiger partial charge < -0.3 is 10.6 Å². The number of rotatable bonds is 3. The second kappa shape index (κ2) is 7.03. The van der Waals surface area contributed by atoms with Crippen molar-refractivity contribution < 1.29 is 13.6 Å². The largest absolute Gasteiger partial charge is 0.352 e. The van der Waals surface area contributed by atoms with Crippen LogP contribution in [0.3, 0.4) is 0 Å². The van der Waals surface area contributed by atoms with Crippen molar-refractivity contribution in [2.75, 3.05) is 19.6 Å². The molecule has 0 aliphatic carbocycles. The Balaban J connectivity index is 0.00000180. The fourth-order valence-electron chi connectivity index (χ4n) is 1.92. The van der Waals surface area contributed by atoms with E-state index in [1.54, 1.807) is 0 Å². The lowest BCUT2D eigenvalue weighted by Gasteiger charge is -2.10. The predicted octanol–water partition coefficient (Wildman–Crippen LogP) is 2.38. The van der Waals surface area contributed by atoms with E-state index in [1.165, 1.54) is 0 Å². The van der Waals surface area contributed by atoms with Crippen LogP contribution in [0.2, 0.25) is 5.02 Å². The highest BCUT2D eigenvalue weighted by Crippen LogP contribution is 2.19. The zero-order valence-electron chi connectivity index (χ0n) is 10.0. The maximum absolute atomic E-state index is 13.5. The maximum Gasteiger partial charge on any atom is 0.254 e. The standard InChI is InChI=1S/C12H13ClF2N2O.ClH/c13-9-4-10(14)8(3-11(9)15)12(18)17-6-7-1-2-16-5-7;/h3-4,7,16H,1-2,5-6H2,(H,17,18);1H. The summed E-state index contributed by atoms with van der Waals surface area (Å²) in [6.45, 7) is 2.21. The molecule has 1 aromatic rings. The van der Waals surface area contributed by atoms with Gasteiger partial charge in [0, 0.05) is 6.54 Å². The van der Waals surface area contributed by atoms with Crippen LogP contribution in [0.15, 0.2) is 12.1 Å². The second-order valence-electron chi connectivity index (χ2n) is 4.32. The minimum Gasteiger partial charge on any atom is -0.352 e. The summed E-state index contributed by atoms with van der Waals surface area (Å²) < 4.78 is 26.6. The number of halogens is 4. The number of hydrogen-bond donors (Lipinski definition) is 2. The average Bonchev–Trinajstić information content (AvgIpc) is 2.84. The van der Waals surface area contributed by atoms with E-state index >= 15 is 0 Å². The lowest BCUT2D eigenvalue weighted by molar-refractivity contribution is 0.0943. The van der Waals surface area contributed by atoms with Crippen LogP contribution in [-0.2, 0) is 0 Å². The molecule has 1 fully saturated rings. The topological polar surface area (TPSA) is 41.1 Å². The number of hydrogen-bond acceptors (Lipinski definition) is 2. The maximum atomic E-state index is 13.5. The monoisotopic (exact) mass is 310 g/mol. The zero-order chi connectivity index (χ0) is 13.1. The van der Waals surface area contributed by atoms with Gasteiger partial charge in [-0.3, -0.25) is 4.79 Å². The molecule has 1 atom stereocenters. The molecule has 1 unspecified atom stereocenters. The Bertz CT molecular complexity index is 465. The van der Waals surface area contributed by atoms with Crippen molar-refractivity contribution in [3.8, 4) is 0 Å². The summed E-state index contributed by atoms with van der Waals surface area (Å²) >= 11 is 5.42. The fraction of sp³-hybridized carbons (Fsp3) is 0.417. The number of amides is 1. The molecule has 0 saturated carbocycles. The Hall–Kier alpha value is -0.910. The van der Waals surface area contributed by atoms with Crippen molar-refractivity contribution in [1.29, 1.82) is 0 Å². The van der Waals surface area contributed by atoms with Crippen molar-refractivity contribution in [2.24, 2.45) is 5.92 Å². The Kier molecular flexibility index (Phi) is 5.97. The highest BCUT2D eigenvalue weighted by molar-refractivity contribution is 6.30. The lowest BCUT2D eigenvalue weighted by Crippen LogP contribution is -2.30. The molecule has 19 heavy (non-hydrogen) atoms. The van der Waals surface area contributed by atoms with Crippen molar-refractivity contribution in [1.82, 2.24) is 10.6 Å². The number of carbonyl (C=O) groups excluding carboxylic acids is 1. The van der Waals surface area contributed by atoms with Crippen LogP contribution in [0, 0.1) is 17.6 Å². The van der Waals surface area contributed by atoms with Gasteiger partial charge in [-0.25, -0.2) is 8.78 Å². The molecular weight excluding hydrogens is 297 g/mol. The molecule has 3 nitrogen and oxygen atoms in total. The van der Waals surface area contributed by atoms with E-state index in [0.29, 0.717) is 12.5 Å².